The summed E-state index contributed by atoms with van der Waals surface area (Å²) in [6.07, 6.45) is 3.27. The molecule has 2 amide bonds. The Morgan fingerprint density at radius 3 is 2.58 bits per heavy atom. The molecule has 0 aromatic heterocycles. The van der Waals surface area contributed by atoms with Gasteiger partial charge in [0.2, 0.25) is 11.8 Å². The summed E-state index contributed by atoms with van der Waals surface area (Å²) in [4.78, 5) is 26.7. The summed E-state index contributed by atoms with van der Waals surface area (Å²) in [6, 6.07) is 5.90. The number of hydrogen-bond donors (Lipinski definition) is 1. The summed E-state index contributed by atoms with van der Waals surface area (Å²) < 4.78 is 10.5. The van der Waals surface area contributed by atoms with Gasteiger partial charge in [-0.2, -0.15) is 5.26 Å². The second-order valence-corrected chi connectivity index (χ2v) is 6.65. The smallest absolute Gasteiger partial charge is 0.244 e. The fourth-order valence-electron chi connectivity index (χ4n) is 3.33. The molecule has 26 heavy (non-hydrogen) atoms. The number of nitrogens with one attached hydrogen (secondary N) is 1. The quantitative estimate of drug-likeness (QED) is 0.838. The molecule has 1 aromatic carbocycles. The Hall–Kier alpha value is -2.75. The van der Waals surface area contributed by atoms with Crippen molar-refractivity contribution in [2.75, 3.05) is 20.8 Å². The molecule has 1 unspecified atom stereocenters. The molecule has 1 aliphatic carbocycles. The lowest BCUT2D eigenvalue weighted by Crippen LogP contribution is -2.47. The molecule has 1 aliphatic heterocycles. The van der Waals surface area contributed by atoms with Crippen molar-refractivity contribution in [1.29, 1.82) is 5.26 Å². The van der Waals surface area contributed by atoms with Gasteiger partial charge in [0.05, 0.1) is 20.3 Å². The van der Waals surface area contributed by atoms with Gasteiger partial charge in [0.25, 0.3) is 0 Å². The summed E-state index contributed by atoms with van der Waals surface area (Å²) in [5.74, 6) is 0.920. The third-order valence-electron chi connectivity index (χ3n) is 4.92. The second-order valence-electron chi connectivity index (χ2n) is 6.65. The highest BCUT2D eigenvalue weighted by Gasteiger charge is 2.41. The number of hydrogen-bond acceptors (Lipinski definition) is 5. The van der Waals surface area contributed by atoms with Gasteiger partial charge >= 0.3 is 0 Å². The van der Waals surface area contributed by atoms with Crippen molar-refractivity contribution in [2.45, 2.75) is 37.8 Å². The minimum absolute atomic E-state index is 0.0716. The minimum atomic E-state index is -0.819. The number of carbonyl (C=O) groups excluding carboxylic acids is 2. The minimum Gasteiger partial charge on any atom is -0.493 e. The maximum Gasteiger partial charge on any atom is 0.244 e. The molecule has 1 N–H and O–H groups in total. The van der Waals surface area contributed by atoms with Crippen LogP contribution in [0, 0.1) is 17.2 Å². The lowest BCUT2D eigenvalue weighted by atomic mass is 10.1. The molecule has 1 aromatic rings. The molecule has 1 saturated carbocycles. The van der Waals surface area contributed by atoms with E-state index in [9.17, 15) is 14.9 Å². The molecule has 0 spiro atoms. The van der Waals surface area contributed by atoms with E-state index in [-0.39, 0.29) is 17.7 Å². The van der Waals surface area contributed by atoms with Crippen LogP contribution in [0.15, 0.2) is 18.2 Å². The molecule has 2 atom stereocenters. The third kappa shape index (κ3) is 3.59. The van der Waals surface area contributed by atoms with Gasteiger partial charge < -0.3 is 19.7 Å². The van der Waals surface area contributed by atoms with Crippen molar-refractivity contribution in [2.24, 2.45) is 5.92 Å². The third-order valence-corrected chi connectivity index (χ3v) is 4.92. The largest absolute Gasteiger partial charge is 0.493 e. The molecule has 0 bridgehead atoms. The van der Waals surface area contributed by atoms with Crippen LogP contribution >= 0.6 is 0 Å². The summed E-state index contributed by atoms with van der Waals surface area (Å²) in [7, 11) is 3.05. The van der Waals surface area contributed by atoms with Crippen LogP contribution in [0.2, 0.25) is 0 Å². The maximum atomic E-state index is 12.7. The summed E-state index contributed by atoms with van der Waals surface area (Å²) in [6.45, 7) is 0.612. The van der Waals surface area contributed by atoms with E-state index in [1.807, 2.05) is 0 Å². The molecule has 7 heteroatoms. The average molecular weight is 357 g/mol. The molecule has 7 nitrogen and oxygen atoms in total. The lowest BCUT2D eigenvalue weighted by molar-refractivity contribution is -0.139. The van der Waals surface area contributed by atoms with Gasteiger partial charge in [-0.1, -0.05) is 6.07 Å². The van der Waals surface area contributed by atoms with Gasteiger partial charge in [-0.15, -0.1) is 0 Å². The average Bonchev–Trinajstić information content (AvgIpc) is 3.40. The van der Waals surface area contributed by atoms with Crippen molar-refractivity contribution < 1.29 is 19.1 Å². The molecule has 2 aliphatic rings. The Bertz CT molecular complexity index is 739. The first-order valence-corrected chi connectivity index (χ1v) is 8.81. The Morgan fingerprint density at radius 2 is 1.96 bits per heavy atom. The Balaban J connectivity index is 1.72. The van der Waals surface area contributed by atoms with E-state index in [0.29, 0.717) is 30.0 Å². The monoisotopic (exact) mass is 357 g/mol. The number of nitriles is 1. The van der Waals surface area contributed by atoms with Gasteiger partial charge in [0.1, 0.15) is 12.1 Å². The van der Waals surface area contributed by atoms with Gasteiger partial charge in [-0.3, -0.25) is 9.59 Å². The van der Waals surface area contributed by atoms with E-state index in [1.54, 1.807) is 23.1 Å². The van der Waals surface area contributed by atoms with Crippen LogP contribution in [0.4, 0.5) is 0 Å². The second kappa shape index (κ2) is 7.65. The van der Waals surface area contributed by atoms with E-state index >= 15 is 0 Å². The fraction of sp³-hybridized carbons (Fsp3) is 0.526. The normalized spacial score (nSPS) is 20.2. The highest BCUT2D eigenvalue weighted by molar-refractivity contribution is 5.90. The lowest BCUT2D eigenvalue weighted by Gasteiger charge is -2.25. The molecular formula is C19H23N3O4. The Kier molecular flexibility index (Phi) is 5.31. The van der Waals surface area contributed by atoms with E-state index in [1.165, 1.54) is 14.2 Å². The molecule has 2 fully saturated rings. The first kappa shape index (κ1) is 18.1. The van der Waals surface area contributed by atoms with E-state index in [4.69, 9.17) is 9.47 Å². The van der Waals surface area contributed by atoms with Gasteiger partial charge in [0.15, 0.2) is 11.5 Å². The number of amides is 2. The Labute approximate surface area is 152 Å². The zero-order chi connectivity index (χ0) is 18.7. The predicted molar refractivity (Wildman–Crippen MR) is 93.5 cm³/mol. The zero-order valence-electron chi connectivity index (χ0n) is 15.0. The molecule has 1 heterocycles. The highest BCUT2D eigenvalue weighted by atomic mass is 16.5. The Morgan fingerprint density at radius 1 is 1.23 bits per heavy atom. The number of nitrogens with zero attached hydrogens (tertiary/aromatic N) is 2. The summed E-state index contributed by atoms with van der Waals surface area (Å²) in [5, 5.41) is 12.3. The topological polar surface area (TPSA) is 91.7 Å². The molecule has 0 radical (unpaired) electrons. The summed E-state index contributed by atoms with van der Waals surface area (Å²) >= 11 is 0. The molecule has 1 saturated heterocycles. The first-order chi connectivity index (χ1) is 12.6. The fourth-order valence-corrected chi connectivity index (χ4v) is 3.33. The SMILES string of the molecule is COc1ccc(C(C#N)NC(=O)[C@@H]2CCCN2C(=O)C2CC2)cc1OC. The van der Waals surface area contributed by atoms with Crippen LogP contribution in [-0.4, -0.2) is 43.5 Å². The van der Waals surface area contributed by atoms with Crippen LogP contribution in [0.3, 0.4) is 0 Å². The van der Waals surface area contributed by atoms with Crippen molar-refractivity contribution >= 4 is 11.8 Å². The van der Waals surface area contributed by atoms with E-state index in [0.717, 1.165) is 19.3 Å². The van der Waals surface area contributed by atoms with Gasteiger partial charge in [-0.25, -0.2) is 0 Å². The predicted octanol–water partition coefficient (Wildman–Crippen LogP) is 1.79. The number of rotatable bonds is 6. The zero-order valence-corrected chi connectivity index (χ0v) is 15.0. The van der Waals surface area contributed by atoms with E-state index in [2.05, 4.69) is 11.4 Å². The van der Waals surface area contributed by atoms with Crippen LogP contribution in [0.1, 0.15) is 37.3 Å². The number of methoxy groups -OCH3 is 2. The number of benzene rings is 1. The number of carbonyl (C=O) groups is 2. The highest BCUT2D eigenvalue weighted by Crippen LogP contribution is 2.34. The van der Waals surface area contributed by atoms with E-state index < -0.39 is 12.1 Å². The van der Waals surface area contributed by atoms with Gasteiger partial charge in [-0.05, 0) is 43.4 Å². The molecule has 138 valence electrons. The molecule has 3 rings (SSSR count). The van der Waals surface area contributed by atoms with Crippen molar-refractivity contribution in [1.82, 2.24) is 10.2 Å². The maximum absolute atomic E-state index is 12.7. The van der Waals surface area contributed by atoms with Crippen LogP contribution in [-0.2, 0) is 9.59 Å². The van der Waals surface area contributed by atoms with Crippen LogP contribution in [0.25, 0.3) is 0 Å². The summed E-state index contributed by atoms with van der Waals surface area (Å²) in [5.41, 5.74) is 0.608. The van der Waals surface area contributed by atoms with Crippen LogP contribution < -0.4 is 14.8 Å². The van der Waals surface area contributed by atoms with Gasteiger partial charge in [0, 0.05) is 12.5 Å². The van der Waals surface area contributed by atoms with Crippen molar-refractivity contribution in [3.05, 3.63) is 23.8 Å². The molecular weight excluding hydrogens is 334 g/mol. The number of ether oxygens (including phenoxy) is 2. The standard InChI is InChI=1S/C19H23N3O4/c1-25-16-8-7-13(10-17(16)26-2)14(11-20)21-18(23)15-4-3-9-22(15)19(24)12-5-6-12/h7-8,10,12,14-15H,3-6,9H2,1-2H3,(H,21,23)/t14?,15-/m0/s1. The van der Waals surface area contributed by atoms with Crippen molar-refractivity contribution in [3.63, 3.8) is 0 Å². The van der Waals surface area contributed by atoms with Crippen molar-refractivity contribution in [3.8, 4) is 17.6 Å². The first-order valence-electron chi connectivity index (χ1n) is 8.81. The number of likely N-dealkylation sites (tertiary alicyclic amines) is 1. The van der Waals surface area contributed by atoms with Crippen LogP contribution in [0.5, 0.6) is 11.5 Å².